The summed E-state index contributed by atoms with van der Waals surface area (Å²) in [6.07, 6.45) is 0.294. The summed E-state index contributed by atoms with van der Waals surface area (Å²) in [4.78, 5) is 2.23. The Balaban J connectivity index is 1.97. The molecule has 0 radical (unpaired) electrons. The predicted molar refractivity (Wildman–Crippen MR) is 60.6 cm³/mol. The van der Waals surface area contributed by atoms with Gasteiger partial charge in [0.1, 0.15) is 0 Å². The second-order valence-corrected chi connectivity index (χ2v) is 5.33. The van der Waals surface area contributed by atoms with Crippen molar-refractivity contribution in [3.05, 3.63) is 0 Å². The fourth-order valence-electron chi connectivity index (χ4n) is 3.35. The summed E-state index contributed by atoms with van der Waals surface area (Å²) in [7, 11) is 0. The van der Waals surface area contributed by atoms with Crippen LogP contribution in [-0.2, 0) is 0 Å². The van der Waals surface area contributed by atoms with E-state index < -0.39 is 12.1 Å². The minimum Gasteiger partial charge on any atom is -0.329 e. The van der Waals surface area contributed by atoms with E-state index in [2.05, 4.69) is 4.90 Å². The highest BCUT2D eigenvalue weighted by Crippen LogP contribution is 2.40. The van der Waals surface area contributed by atoms with Gasteiger partial charge in [-0.05, 0) is 38.6 Å². The Bertz CT molecular complexity index is 255. The third kappa shape index (κ3) is 2.94. The van der Waals surface area contributed by atoms with E-state index in [0.717, 1.165) is 25.8 Å². The summed E-state index contributed by atoms with van der Waals surface area (Å²) in [5.74, 6) is -1.10. The quantitative estimate of drug-likeness (QED) is 0.816. The summed E-state index contributed by atoms with van der Waals surface area (Å²) in [6, 6.07) is 0.415. The lowest BCUT2D eigenvalue weighted by Gasteiger charge is -2.38. The van der Waals surface area contributed by atoms with Gasteiger partial charge in [0.2, 0.25) is 0 Å². The third-order valence-corrected chi connectivity index (χ3v) is 4.27. The first-order valence-electron chi connectivity index (χ1n) is 6.55. The molecule has 0 aromatic carbocycles. The van der Waals surface area contributed by atoms with Crippen molar-refractivity contribution >= 4 is 0 Å². The van der Waals surface area contributed by atoms with Crippen LogP contribution in [0.25, 0.3) is 0 Å². The lowest BCUT2D eigenvalue weighted by atomic mass is 9.84. The molecule has 2 rings (SSSR count). The van der Waals surface area contributed by atoms with Crippen LogP contribution in [0, 0.1) is 5.92 Å². The van der Waals surface area contributed by atoms with Gasteiger partial charge in [0.15, 0.2) is 0 Å². The van der Waals surface area contributed by atoms with Crippen LogP contribution in [0.1, 0.15) is 38.5 Å². The standard InChI is InChI=1S/C12H21F3N2/c13-12(14,15)9-3-1-4-10(7-9)17-6-2-5-11(17)8-16/h9-11H,1-8,16H2. The molecule has 1 aliphatic heterocycles. The molecule has 2 N–H and O–H groups in total. The van der Waals surface area contributed by atoms with Gasteiger partial charge in [-0.15, -0.1) is 0 Å². The van der Waals surface area contributed by atoms with Gasteiger partial charge in [-0.25, -0.2) is 0 Å². The van der Waals surface area contributed by atoms with Gasteiger partial charge in [-0.1, -0.05) is 6.42 Å². The Morgan fingerprint density at radius 3 is 2.53 bits per heavy atom. The van der Waals surface area contributed by atoms with Crippen LogP contribution >= 0.6 is 0 Å². The SMILES string of the molecule is NCC1CCCN1C1CCCC(C(F)(F)F)C1. The van der Waals surface area contributed by atoms with Crippen LogP contribution in [0.2, 0.25) is 0 Å². The zero-order chi connectivity index (χ0) is 12.5. The second-order valence-electron chi connectivity index (χ2n) is 5.33. The molecule has 0 spiro atoms. The first-order valence-corrected chi connectivity index (χ1v) is 6.55. The molecule has 1 aliphatic carbocycles. The van der Waals surface area contributed by atoms with Crippen molar-refractivity contribution in [2.75, 3.05) is 13.1 Å². The Morgan fingerprint density at radius 2 is 1.88 bits per heavy atom. The molecule has 0 amide bonds. The first kappa shape index (κ1) is 13.1. The smallest absolute Gasteiger partial charge is 0.329 e. The van der Waals surface area contributed by atoms with Crippen molar-refractivity contribution in [3.63, 3.8) is 0 Å². The van der Waals surface area contributed by atoms with E-state index in [-0.39, 0.29) is 12.5 Å². The van der Waals surface area contributed by atoms with Crippen LogP contribution in [0.5, 0.6) is 0 Å². The summed E-state index contributed by atoms with van der Waals surface area (Å²) < 4.78 is 38.2. The van der Waals surface area contributed by atoms with Crippen molar-refractivity contribution < 1.29 is 13.2 Å². The molecule has 0 bridgehead atoms. The molecule has 2 aliphatic rings. The lowest BCUT2D eigenvalue weighted by molar-refractivity contribution is -0.187. The summed E-state index contributed by atoms with van der Waals surface area (Å²) >= 11 is 0. The van der Waals surface area contributed by atoms with E-state index in [0.29, 0.717) is 25.4 Å². The monoisotopic (exact) mass is 250 g/mol. The van der Waals surface area contributed by atoms with E-state index in [9.17, 15) is 13.2 Å². The fourth-order valence-corrected chi connectivity index (χ4v) is 3.35. The Hall–Kier alpha value is -0.290. The summed E-state index contributed by atoms with van der Waals surface area (Å²) in [5, 5.41) is 0. The van der Waals surface area contributed by atoms with Gasteiger partial charge in [-0.3, -0.25) is 4.90 Å². The average Bonchev–Trinajstić information content (AvgIpc) is 2.76. The highest BCUT2D eigenvalue weighted by molar-refractivity contribution is 4.90. The highest BCUT2D eigenvalue weighted by atomic mass is 19.4. The van der Waals surface area contributed by atoms with Crippen LogP contribution in [0.4, 0.5) is 13.2 Å². The van der Waals surface area contributed by atoms with Gasteiger partial charge in [-0.2, -0.15) is 13.2 Å². The number of nitrogens with two attached hydrogens (primary N) is 1. The molecule has 3 unspecified atom stereocenters. The van der Waals surface area contributed by atoms with E-state index >= 15 is 0 Å². The van der Waals surface area contributed by atoms with Crippen molar-refractivity contribution in [1.29, 1.82) is 0 Å². The van der Waals surface area contributed by atoms with Crippen molar-refractivity contribution in [3.8, 4) is 0 Å². The number of alkyl halides is 3. The minimum absolute atomic E-state index is 0.103. The molecule has 17 heavy (non-hydrogen) atoms. The molecule has 100 valence electrons. The Morgan fingerprint density at radius 1 is 1.12 bits per heavy atom. The number of rotatable bonds is 2. The first-order chi connectivity index (χ1) is 8.02. The number of hydrogen-bond acceptors (Lipinski definition) is 2. The van der Waals surface area contributed by atoms with E-state index in [4.69, 9.17) is 5.73 Å². The molecule has 5 heteroatoms. The zero-order valence-electron chi connectivity index (χ0n) is 10.0. The number of halogens is 3. The van der Waals surface area contributed by atoms with E-state index in [1.54, 1.807) is 0 Å². The molecule has 1 saturated heterocycles. The number of hydrogen-bond donors (Lipinski definition) is 1. The summed E-state index contributed by atoms with van der Waals surface area (Å²) in [5.41, 5.74) is 5.69. The third-order valence-electron chi connectivity index (χ3n) is 4.27. The van der Waals surface area contributed by atoms with Crippen LogP contribution in [-0.4, -0.2) is 36.2 Å². The zero-order valence-corrected chi connectivity index (χ0v) is 10.0. The maximum absolute atomic E-state index is 12.7. The topological polar surface area (TPSA) is 29.3 Å². The number of nitrogens with zero attached hydrogens (tertiary/aromatic N) is 1. The molecule has 0 aromatic rings. The van der Waals surface area contributed by atoms with Gasteiger partial charge >= 0.3 is 6.18 Å². The molecule has 0 aromatic heterocycles. The molecule has 2 nitrogen and oxygen atoms in total. The lowest BCUT2D eigenvalue weighted by Crippen LogP contribution is -2.46. The fraction of sp³-hybridized carbons (Fsp3) is 1.00. The van der Waals surface area contributed by atoms with Gasteiger partial charge in [0.05, 0.1) is 5.92 Å². The molecule has 2 fully saturated rings. The van der Waals surface area contributed by atoms with Crippen LogP contribution in [0.3, 0.4) is 0 Å². The largest absolute Gasteiger partial charge is 0.391 e. The average molecular weight is 250 g/mol. The normalized spacial score (nSPS) is 36.4. The predicted octanol–water partition coefficient (Wildman–Crippen LogP) is 2.53. The van der Waals surface area contributed by atoms with Crippen molar-refractivity contribution in [2.45, 2.75) is 56.8 Å². The van der Waals surface area contributed by atoms with Crippen molar-refractivity contribution in [1.82, 2.24) is 4.90 Å². The van der Waals surface area contributed by atoms with E-state index in [1.807, 2.05) is 0 Å². The van der Waals surface area contributed by atoms with Crippen LogP contribution < -0.4 is 5.73 Å². The molecule has 3 atom stereocenters. The van der Waals surface area contributed by atoms with Gasteiger partial charge in [0.25, 0.3) is 0 Å². The second kappa shape index (κ2) is 5.14. The van der Waals surface area contributed by atoms with Gasteiger partial charge in [0, 0.05) is 18.6 Å². The maximum atomic E-state index is 12.7. The maximum Gasteiger partial charge on any atom is 0.391 e. The van der Waals surface area contributed by atoms with Gasteiger partial charge < -0.3 is 5.73 Å². The Kier molecular flexibility index (Phi) is 3.98. The highest BCUT2D eigenvalue weighted by Gasteiger charge is 2.44. The Labute approximate surface area is 100 Å². The molecule has 1 heterocycles. The summed E-state index contributed by atoms with van der Waals surface area (Å²) in [6.45, 7) is 1.50. The van der Waals surface area contributed by atoms with Crippen LogP contribution in [0.15, 0.2) is 0 Å². The molecular weight excluding hydrogens is 229 g/mol. The molecule has 1 saturated carbocycles. The molecular formula is C12H21F3N2. The van der Waals surface area contributed by atoms with E-state index in [1.165, 1.54) is 0 Å². The van der Waals surface area contributed by atoms with Crippen molar-refractivity contribution in [2.24, 2.45) is 11.7 Å². The number of likely N-dealkylation sites (tertiary alicyclic amines) is 1. The minimum atomic E-state index is -4.02.